The van der Waals surface area contributed by atoms with Gasteiger partial charge in [-0.1, -0.05) is 30.3 Å². The van der Waals surface area contributed by atoms with Crippen LogP contribution in [0.1, 0.15) is 18.9 Å². The van der Waals surface area contributed by atoms with Crippen molar-refractivity contribution < 1.29 is 22.6 Å². The molecule has 2 fully saturated rings. The monoisotopic (exact) mass is 428 g/mol. The Morgan fingerprint density at radius 1 is 1.27 bits per heavy atom. The summed E-state index contributed by atoms with van der Waals surface area (Å²) >= 11 is 0. The molecular formula is C21H31F3N4O2. The van der Waals surface area contributed by atoms with Gasteiger partial charge < -0.3 is 19.7 Å². The first-order chi connectivity index (χ1) is 14.5. The van der Waals surface area contributed by atoms with Gasteiger partial charge in [-0.3, -0.25) is 9.89 Å². The highest BCUT2D eigenvalue weighted by atomic mass is 19.4. The van der Waals surface area contributed by atoms with E-state index in [0.29, 0.717) is 19.6 Å². The van der Waals surface area contributed by atoms with Crippen molar-refractivity contribution in [2.45, 2.75) is 38.2 Å². The van der Waals surface area contributed by atoms with E-state index >= 15 is 0 Å². The van der Waals surface area contributed by atoms with Crippen LogP contribution in [0.2, 0.25) is 0 Å². The van der Waals surface area contributed by atoms with E-state index in [1.807, 2.05) is 13.0 Å². The Labute approximate surface area is 176 Å². The Morgan fingerprint density at radius 2 is 2.07 bits per heavy atom. The fraction of sp³-hybridized carbons (Fsp3) is 0.667. The van der Waals surface area contributed by atoms with E-state index in [-0.39, 0.29) is 18.8 Å². The number of hydrogen-bond donors (Lipinski definition) is 1. The highest BCUT2D eigenvalue weighted by molar-refractivity contribution is 5.80. The van der Waals surface area contributed by atoms with Crippen LogP contribution in [0.15, 0.2) is 35.3 Å². The molecule has 2 atom stereocenters. The number of alkyl halides is 3. The van der Waals surface area contributed by atoms with Gasteiger partial charge in [-0.2, -0.15) is 13.2 Å². The van der Waals surface area contributed by atoms with E-state index < -0.39 is 12.8 Å². The van der Waals surface area contributed by atoms with E-state index in [0.717, 1.165) is 38.7 Å². The molecule has 2 heterocycles. The second-order valence-electron chi connectivity index (χ2n) is 7.59. The molecule has 0 amide bonds. The third kappa shape index (κ3) is 6.85. The Balaban J connectivity index is 1.53. The van der Waals surface area contributed by atoms with Gasteiger partial charge in [-0.15, -0.1) is 0 Å². The lowest BCUT2D eigenvalue weighted by atomic mass is 10.1. The van der Waals surface area contributed by atoms with Gasteiger partial charge in [0.25, 0.3) is 0 Å². The third-order valence-corrected chi connectivity index (χ3v) is 5.25. The maximum Gasteiger partial charge on any atom is 0.411 e. The van der Waals surface area contributed by atoms with Crippen molar-refractivity contribution in [3.8, 4) is 0 Å². The van der Waals surface area contributed by atoms with Crippen LogP contribution in [0.25, 0.3) is 0 Å². The number of benzene rings is 1. The van der Waals surface area contributed by atoms with E-state index in [1.54, 1.807) is 0 Å². The van der Waals surface area contributed by atoms with Gasteiger partial charge in [-0.25, -0.2) is 0 Å². The molecule has 9 heteroatoms. The summed E-state index contributed by atoms with van der Waals surface area (Å²) in [5, 5.41) is 3.29. The molecule has 3 rings (SSSR count). The zero-order valence-electron chi connectivity index (χ0n) is 17.4. The Kier molecular flexibility index (Phi) is 8.35. The molecule has 0 bridgehead atoms. The molecule has 0 radical (unpaired) electrons. The number of nitrogens with zero attached hydrogens (tertiary/aromatic N) is 3. The number of hydrogen-bond acceptors (Lipinski definition) is 4. The van der Waals surface area contributed by atoms with Crippen LogP contribution in [0.5, 0.6) is 0 Å². The number of morpholine rings is 1. The topological polar surface area (TPSA) is 49.3 Å². The number of nitrogens with one attached hydrogen (secondary N) is 1. The van der Waals surface area contributed by atoms with Gasteiger partial charge in [0.15, 0.2) is 5.96 Å². The second-order valence-corrected chi connectivity index (χ2v) is 7.59. The van der Waals surface area contributed by atoms with E-state index in [9.17, 15) is 13.2 Å². The molecule has 6 nitrogen and oxygen atoms in total. The van der Waals surface area contributed by atoms with Crippen molar-refractivity contribution in [1.29, 1.82) is 0 Å². The van der Waals surface area contributed by atoms with Crippen LogP contribution in [0, 0.1) is 0 Å². The maximum atomic E-state index is 12.1. The zero-order chi connectivity index (χ0) is 21.4. The van der Waals surface area contributed by atoms with E-state index in [4.69, 9.17) is 4.74 Å². The number of rotatable bonds is 8. The molecule has 168 valence electrons. The SMILES string of the molecule is CCNC(=NCCCOCC(F)(F)F)N1CC2OCCN(Cc3ccccc3)C2C1. The molecule has 1 aromatic rings. The fourth-order valence-electron chi connectivity index (χ4n) is 3.91. The highest BCUT2D eigenvalue weighted by Gasteiger charge is 2.41. The maximum absolute atomic E-state index is 12.1. The summed E-state index contributed by atoms with van der Waals surface area (Å²) in [7, 11) is 0. The molecule has 0 spiro atoms. The minimum absolute atomic E-state index is 0.0433. The summed E-state index contributed by atoms with van der Waals surface area (Å²) in [6.45, 7) is 6.06. The van der Waals surface area contributed by atoms with Crippen molar-refractivity contribution in [3.63, 3.8) is 0 Å². The first-order valence-electron chi connectivity index (χ1n) is 10.5. The van der Waals surface area contributed by atoms with Gasteiger partial charge >= 0.3 is 6.18 Å². The summed E-state index contributed by atoms with van der Waals surface area (Å²) in [6.07, 6.45) is -3.71. The average molecular weight is 428 g/mol. The Morgan fingerprint density at radius 3 is 2.80 bits per heavy atom. The van der Waals surface area contributed by atoms with Crippen molar-refractivity contribution in [3.05, 3.63) is 35.9 Å². The Bertz CT molecular complexity index is 672. The number of guanidine groups is 1. The normalized spacial score (nSPS) is 22.9. The minimum atomic E-state index is -4.28. The molecule has 2 aliphatic rings. The predicted molar refractivity (Wildman–Crippen MR) is 109 cm³/mol. The molecular weight excluding hydrogens is 397 g/mol. The lowest BCUT2D eigenvalue weighted by molar-refractivity contribution is -0.173. The Hall–Kier alpha value is -1.84. The average Bonchev–Trinajstić information content (AvgIpc) is 3.15. The number of ether oxygens (including phenoxy) is 2. The van der Waals surface area contributed by atoms with Gasteiger partial charge in [0.1, 0.15) is 6.61 Å². The van der Waals surface area contributed by atoms with Gasteiger partial charge in [0.2, 0.25) is 0 Å². The second kappa shape index (κ2) is 11.0. The van der Waals surface area contributed by atoms with Crippen molar-refractivity contribution in [2.75, 3.05) is 52.5 Å². The molecule has 2 aliphatic heterocycles. The molecule has 1 aromatic carbocycles. The number of halogens is 3. The summed E-state index contributed by atoms with van der Waals surface area (Å²) in [6, 6.07) is 10.7. The van der Waals surface area contributed by atoms with Crippen LogP contribution in [-0.2, 0) is 16.0 Å². The van der Waals surface area contributed by atoms with Gasteiger partial charge in [0, 0.05) is 45.9 Å². The summed E-state index contributed by atoms with van der Waals surface area (Å²) in [4.78, 5) is 9.26. The van der Waals surface area contributed by atoms with Crippen molar-refractivity contribution in [1.82, 2.24) is 15.1 Å². The standard InChI is InChI=1S/C21H31F3N4O2/c1-2-25-20(26-9-6-11-29-16-21(22,23)24)28-14-18-19(15-28)30-12-10-27(18)13-17-7-4-3-5-8-17/h3-5,7-8,18-19H,2,6,9-16H2,1H3,(H,25,26). The third-order valence-electron chi connectivity index (χ3n) is 5.25. The quantitative estimate of drug-likeness (QED) is 0.392. The lowest BCUT2D eigenvalue weighted by Gasteiger charge is -2.36. The predicted octanol–water partition coefficient (Wildman–Crippen LogP) is 2.51. The van der Waals surface area contributed by atoms with Crippen LogP contribution in [0.3, 0.4) is 0 Å². The van der Waals surface area contributed by atoms with E-state index in [2.05, 4.69) is 49.1 Å². The van der Waals surface area contributed by atoms with Crippen LogP contribution >= 0.6 is 0 Å². The highest BCUT2D eigenvalue weighted by Crippen LogP contribution is 2.24. The van der Waals surface area contributed by atoms with Crippen LogP contribution < -0.4 is 5.32 Å². The summed E-state index contributed by atoms with van der Waals surface area (Å²) < 4.78 is 47.1. The van der Waals surface area contributed by atoms with E-state index in [1.165, 1.54) is 5.56 Å². The van der Waals surface area contributed by atoms with Crippen LogP contribution in [-0.4, -0.2) is 86.6 Å². The molecule has 2 saturated heterocycles. The summed E-state index contributed by atoms with van der Waals surface area (Å²) in [5.41, 5.74) is 1.29. The zero-order valence-corrected chi connectivity index (χ0v) is 17.4. The lowest BCUT2D eigenvalue weighted by Crippen LogP contribution is -2.50. The van der Waals surface area contributed by atoms with Crippen molar-refractivity contribution >= 4 is 5.96 Å². The first-order valence-corrected chi connectivity index (χ1v) is 10.5. The minimum Gasteiger partial charge on any atom is -0.373 e. The molecule has 30 heavy (non-hydrogen) atoms. The largest absolute Gasteiger partial charge is 0.411 e. The number of likely N-dealkylation sites (tertiary alicyclic amines) is 1. The van der Waals surface area contributed by atoms with Gasteiger partial charge in [0.05, 0.1) is 18.8 Å². The molecule has 0 aliphatic carbocycles. The fourth-order valence-corrected chi connectivity index (χ4v) is 3.91. The first kappa shape index (κ1) is 22.8. The number of fused-ring (bicyclic) bond motifs is 1. The molecule has 0 aromatic heterocycles. The summed E-state index contributed by atoms with van der Waals surface area (Å²) in [5.74, 6) is 0.783. The number of aliphatic imine (C=N–C) groups is 1. The molecule has 2 unspecified atom stereocenters. The smallest absolute Gasteiger partial charge is 0.373 e. The molecule has 0 saturated carbocycles. The van der Waals surface area contributed by atoms with Crippen LogP contribution in [0.4, 0.5) is 13.2 Å². The van der Waals surface area contributed by atoms with Crippen molar-refractivity contribution in [2.24, 2.45) is 4.99 Å². The van der Waals surface area contributed by atoms with Gasteiger partial charge in [-0.05, 0) is 18.9 Å². The molecule has 1 N–H and O–H groups in total.